The second-order valence-corrected chi connectivity index (χ2v) is 5.84. The van der Waals surface area contributed by atoms with Crippen molar-refractivity contribution in [3.8, 4) is 11.5 Å². The molecule has 2 aromatic rings. The summed E-state index contributed by atoms with van der Waals surface area (Å²) in [6.45, 7) is 6.32. The molecule has 0 aromatic heterocycles. The largest absolute Gasteiger partial charge is 0.492 e. The van der Waals surface area contributed by atoms with E-state index in [0.29, 0.717) is 36.0 Å². The fourth-order valence-electron chi connectivity index (χ4n) is 2.30. The maximum atomic E-state index is 12.4. The summed E-state index contributed by atoms with van der Waals surface area (Å²) in [5.41, 5.74) is 1.08. The van der Waals surface area contributed by atoms with E-state index < -0.39 is 12.1 Å². The third-order valence-electron chi connectivity index (χ3n) is 3.64. The Balaban J connectivity index is 1.98. The summed E-state index contributed by atoms with van der Waals surface area (Å²) in [4.78, 5) is 24.2. The molecule has 1 amide bonds. The molecule has 2 aromatic carbocycles. The zero-order chi connectivity index (χ0) is 19.6. The third-order valence-corrected chi connectivity index (χ3v) is 3.64. The van der Waals surface area contributed by atoms with E-state index >= 15 is 0 Å². The van der Waals surface area contributed by atoms with E-state index in [9.17, 15) is 9.59 Å². The number of hydrogen-bond acceptors (Lipinski definition) is 5. The van der Waals surface area contributed by atoms with E-state index in [1.54, 1.807) is 43.3 Å². The molecule has 0 saturated heterocycles. The van der Waals surface area contributed by atoms with Crippen LogP contribution in [0.25, 0.3) is 0 Å². The lowest BCUT2D eigenvalue weighted by Gasteiger charge is -2.14. The maximum absolute atomic E-state index is 12.4. The number of hydrogen-bond donors (Lipinski definition) is 1. The van der Waals surface area contributed by atoms with Crippen molar-refractivity contribution in [3.63, 3.8) is 0 Å². The third kappa shape index (κ3) is 6.02. The highest BCUT2D eigenvalue weighted by molar-refractivity contribution is 6.05. The molecule has 1 N–H and O–H groups in total. The number of benzene rings is 2. The molecular formula is C21H25NO5. The van der Waals surface area contributed by atoms with E-state index in [4.69, 9.17) is 14.2 Å². The number of rotatable bonds is 9. The van der Waals surface area contributed by atoms with Crippen LogP contribution in [-0.2, 0) is 9.53 Å². The van der Waals surface area contributed by atoms with Crippen molar-refractivity contribution >= 4 is 17.6 Å². The Morgan fingerprint density at radius 3 is 2.41 bits per heavy atom. The molecule has 144 valence electrons. The van der Waals surface area contributed by atoms with Gasteiger partial charge in [0.15, 0.2) is 6.10 Å². The molecule has 0 saturated carbocycles. The van der Waals surface area contributed by atoms with Crippen LogP contribution in [0.5, 0.6) is 11.5 Å². The molecule has 0 unspecified atom stereocenters. The quantitative estimate of drug-likeness (QED) is 0.673. The van der Waals surface area contributed by atoms with Crippen LogP contribution in [-0.4, -0.2) is 31.2 Å². The molecule has 27 heavy (non-hydrogen) atoms. The zero-order valence-corrected chi connectivity index (χ0v) is 15.9. The monoisotopic (exact) mass is 371 g/mol. The summed E-state index contributed by atoms with van der Waals surface area (Å²) in [6.07, 6.45) is 0.0450. The van der Waals surface area contributed by atoms with Crippen LogP contribution in [0.15, 0.2) is 48.5 Å². The SMILES string of the molecule is CCCOC(=O)[C@@H](C)Oc1ccc(C(=O)Nc2ccccc2OCC)cc1. The first kappa shape index (κ1) is 20.3. The van der Waals surface area contributed by atoms with E-state index in [2.05, 4.69) is 5.32 Å². The van der Waals surface area contributed by atoms with Crippen molar-refractivity contribution < 1.29 is 23.8 Å². The Hall–Kier alpha value is -3.02. The van der Waals surface area contributed by atoms with Gasteiger partial charge in [0.25, 0.3) is 5.91 Å². The number of amides is 1. The highest BCUT2D eigenvalue weighted by Crippen LogP contribution is 2.24. The van der Waals surface area contributed by atoms with Crippen LogP contribution in [0.3, 0.4) is 0 Å². The Kier molecular flexibility index (Phi) is 7.67. The average Bonchev–Trinajstić information content (AvgIpc) is 2.68. The van der Waals surface area contributed by atoms with Crippen molar-refractivity contribution in [2.45, 2.75) is 33.3 Å². The number of esters is 1. The lowest BCUT2D eigenvalue weighted by Crippen LogP contribution is -2.26. The first-order chi connectivity index (χ1) is 13.0. The van der Waals surface area contributed by atoms with Crippen LogP contribution in [0, 0.1) is 0 Å². The fraction of sp³-hybridized carbons (Fsp3) is 0.333. The smallest absolute Gasteiger partial charge is 0.347 e. The van der Waals surface area contributed by atoms with Crippen LogP contribution < -0.4 is 14.8 Å². The number of carbonyl (C=O) groups excluding carboxylic acids is 2. The maximum Gasteiger partial charge on any atom is 0.347 e. The van der Waals surface area contributed by atoms with E-state index in [1.807, 2.05) is 26.0 Å². The number of ether oxygens (including phenoxy) is 3. The topological polar surface area (TPSA) is 73.9 Å². The minimum atomic E-state index is -0.714. The molecule has 1 atom stereocenters. The average molecular weight is 371 g/mol. The molecule has 2 rings (SSSR count). The number of nitrogens with one attached hydrogen (secondary N) is 1. The lowest BCUT2D eigenvalue weighted by molar-refractivity contribution is -0.151. The molecule has 0 fully saturated rings. The van der Waals surface area contributed by atoms with E-state index in [0.717, 1.165) is 6.42 Å². The minimum absolute atomic E-state index is 0.260. The van der Waals surface area contributed by atoms with Crippen LogP contribution in [0.4, 0.5) is 5.69 Å². The lowest BCUT2D eigenvalue weighted by atomic mass is 10.2. The minimum Gasteiger partial charge on any atom is -0.492 e. The van der Waals surface area contributed by atoms with Gasteiger partial charge in [-0.25, -0.2) is 4.79 Å². The molecular weight excluding hydrogens is 346 g/mol. The molecule has 0 spiro atoms. The first-order valence-electron chi connectivity index (χ1n) is 9.01. The van der Waals surface area contributed by atoms with Crippen LogP contribution >= 0.6 is 0 Å². The van der Waals surface area contributed by atoms with E-state index in [-0.39, 0.29) is 5.91 Å². The Morgan fingerprint density at radius 1 is 1.04 bits per heavy atom. The van der Waals surface area contributed by atoms with Gasteiger partial charge in [0.05, 0.1) is 18.9 Å². The summed E-state index contributed by atoms with van der Waals surface area (Å²) >= 11 is 0. The Labute approximate surface area is 159 Å². The zero-order valence-electron chi connectivity index (χ0n) is 15.9. The van der Waals surface area contributed by atoms with Crippen molar-refractivity contribution in [3.05, 3.63) is 54.1 Å². The molecule has 6 nitrogen and oxygen atoms in total. The summed E-state index contributed by atoms with van der Waals surface area (Å²) in [5, 5.41) is 2.83. The number of carbonyl (C=O) groups is 2. The van der Waals surface area contributed by atoms with Gasteiger partial charge in [0, 0.05) is 5.56 Å². The summed E-state index contributed by atoms with van der Waals surface area (Å²) in [5.74, 6) is 0.435. The Morgan fingerprint density at radius 2 is 1.74 bits per heavy atom. The highest BCUT2D eigenvalue weighted by Gasteiger charge is 2.16. The van der Waals surface area contributed by atoms with E-state index in [1.165, 1.54) is 0 Å². The summed E-state index contributed by atoms with van der Waals surface area (Å²) in [7, 11) is 0. The van der Waals surface area contributed by atoms with Gasteiger partial charge in [-0.05, 0) is 56.7 Å². The Bertz CT molecular complexity index is 757. The van der Waals surface area contributed by atoms with Gasteiger partial charge in [0.1, 0.15) is 11.5 Å². The first-order valence-corrected chi connectivity index (χ1v) is 9.01. The van der Waals surface area contributed by atoms with Crippen LogP contribution in [0.1, 0.15) is 37.6 Å². The highest BCUT2D eigenvalue weighted by atomic mass is 16.6. The second-order valence-electron chi connectivity index (χ2n) is 5.84. The van der Waals surface area contributed by atoms with Gasteiger partial charge in [-0.15, -0.1) is 0 Å². The normalized spacial score (nSPS) is 11.4. The predicted octanol–water partition coefficient (Wildman–Crippen LogP) is 4.06. The van der Waals surface area contributed by atoms with Gasteiger partial charge in [-0.1, -0.05) is 19.1 Å². The fourth-order valence-corrected chi connectivity index (χ4v) is 2.30. The standard InChI is InChI=1S/C21H25NO5/c1-4-14-26-21(24)15(3)27-17-12-10-16(11-13-17)20(23)22-18-8-6-7-9-19(18)25-5-2/h6-13,15H,4-5,14H2,1-3H3,(H,22,23)/t15-/m1/s1. The predicted molar refractivity (Wildman–Crippen MR) is 103 cm³/mol. The second kappa shape index (κ2) is 10.2. The van der Waals surface area contributed by atoms with Crippen molar-refractivity contribution in [2.24, 2.45) is 0 Å². The molecule has 0 aliphatic rings. The van der Waals surface area contributed by atoms with Gasteiger partial charge < -0.3 is 19.5 Å². The molecule has 0 radical (unpaired) electrons. The molecule has 0 aliphatic heterocycles. The van der Waals surface area contributed by atoms with Crippen molar-refractivity contribution in [1.29, 1.82) is 0 Å². The van der Waals surface area contributed by atoms with Crippen LogP contribution in [0.2, 0.25) is 0 Å². The summed E-state index contributed by atoms with van der Waals surface area (Å²) < 4.78 is 16.1. The van der Waals surface area contributed by atoms with Gasteiger partial charge in [-0.2, -0.15) is 0 Å². The van der Waals surface area contributed by atoms with Gasteiger partial charge in [0.2, 0.25) is 0 Å². The van der Waals surface area contributed by atoms with Crippen molar-refractivity contribution in [2.75, 3.05) is 18.5 Å². The molecule has 6 heteroatoms. The number of anilines is 1. The molecule has 0 bridgehead atoms. The van der Waals surface area contributed by atoms with Gasteiger partial charge >= 0.3 is 5.97 Å². The number of para-hydroxylation sites is 2. The summed E-state index contributed by atoms with van der Waals surface area (Å²) in [6, 6.07) is 13.8. The molecule has 0 aliphatic carbocycles. The van der Waals surface area contributed by atoms with Gasteiger partial charge in [-0.3, -0.25) is 4.79 Å². The molecule has 0 heterocycles. The van der Waals surface area contributed by atoms with Crippen molar-refractivity contribution in [1.82, 2.24) is 0 Å².